The van der Waals surface area contributed by atoms with Crippen LogP contribution in [0.3, 0.4) is 0 Å². The Morgan fingerprint density at radius 2 is 1.93 bits per heavy atom. The molecule has 0 unspecified atom stereocenters. The summed E-state index contributed by atoms with van der Waals surface area (Å²) in [5.41, 5.74) is 2.48. The average Bonchev–Trinajstić information content (AvgIpc) is 2.65. The third kappa shape index (κ3) is 4.53. The van der Waals surface area contributed by atoms with Gasteiger partial charge >= 0.3 is 0 Å². The number of carbonyl (C=O) groups is 1. The number of amides is 1. The highest BCUT2D eigenvalue weighted by Crippen LogP contribution is 2.20. The minimum Gasteiger partial charge on any atom is -0.371 e. The molecule has 0 aromatic heterocycles. The number of fused-ring (bicyclic) bond motifs is 1. The molecule has 2 aromatic rings. The van der Waals surface area contributed by atoms with Crippen molar-refractivity contribution in [3.05, 3.63) is 71.4 Å². The summed E-state index contributed by atoms with van der Waals surface area (Å²) in [4.78, 5) is 13.9. The molecule has 1 aliphatic heterocycles. The van der Waals surface area contributed by atoms with E-state index in [-0.39, 0.29) is 16.2 Å². The summed E-state index contributed by atoms with van der Waals surface area (Å²) < 4.78 is 31.5. The second-order valence-corrected chi connectivity index (χ2v) is 7.52. The van der Waals surface area contributed by atoms with E-state index in [4.69, 9.17) is 4.55 Å². The predicted octanol–water partition coefficient (Wildman–Crippen LogP) is 2.34. The Balaban J connectivity index is 1.76. The summed E-state index contributed by atoms with van der Waals surface area (Å²) in [5.74, 6) is -0.649. The van der Waals surface area contributed by atoms with Crippen LogP contribution in [0, 0.1) is 11.3 Å². The van der Waals surface area contributed by atoms with Gasteiger partial charge in [-0.05, 0) is 35.7 Å². The van der Waals surface area contributed by atoms with Crippen molar-refractivity contribution < 1.29 is 17.8 Å². The quantitative estimate of drug-likeness (QED) is 0.476. The zero-order chi connectivity index (χ0) is 19.4. The molecule has 0 spiro atoms. The zero-order valence-corrected chi connectivity index (χ0v) is 15.1. The molecule has 7 nitrogen and oxygen atoms in total. The maximum Gasteiger partial charge on any atom is 0.294 e. The van der Waals surface area contributed by atoms with Crippen LogP contribution in [0.5, 0.6) is 0 Å². The van der Waals surface area contributed by atoms with Gasteiger partial charge in [0.25, 0.3) is 16.0 Å². The van der Waals surface area contributed by atoms with Crippen LogP contribution in [0.1, 0.15) is 11.1 Å². The highest BCUT2D eigenvalue weighted by atomic mass is 32.2. The van der Waals surface area contributed by atoms with Crippen LogP contribution in [-0.4, -0.2) is 30.3 Å². The SMILES string of the molecule is N#C/C(=C/N1CCc2ccccc2C1)C(=O)Nc1cccc(S(=O)(=O)O)c1. The predicted molar refractivity (Wildman–Crippen MR) is 99.1 cm³/mol. The van der Waals surface area contributed by atoms with E-state index in [0.29, 0.717) is 13.1 Å². The zero-order valence-electron chi connectivity index (χ0n) is 14.3. The van der Waals surface area contributed by atoms with E-state index in [1.54, 1.807) is 0 Å². The number of carbonyl (C=O) groups excluding carboxylic acids is 1. The van der Waals surface area contributed by atoms with Crippen molar-refractivity contribution in [3.8, 4) is 6.07 Å². The average molecular weight is 383 g/mol. The van der Waals surface area contributed by atoms with Crippen LogP contribution in [-0.2, 0) is 27.9 Å². The molecule has 0 aliphatic carbocycles. The van der Waals surface area contributed by atoms with Gasteiger partial charge in [0.1, 0.15) is 11.6 Å². The molecule has 0 saturated carbocycles. The van der Waals surface area contributed by atoms with Crippen molar-refractivity contribution in [2.75, 3.05) is 11.9 Å². The molecule has 0 radical (unpaired) electrons. The summed E-state index contributed by atoms with van der Waals surface area (Å²) >= 11 is 0. The van der Waals surface area contributed by atoms with Crippen molar-refractivity contribution >= 4 is 21.7 Å². The lowest BCUT2D eigenvalue weighted by Gasteiger charge is -2.27. The summed E-state index contributed by atoms with van der Waals surface area (Å²) in [6.45, 7) is 1.29. The minimum atomic E-state index is -4.38. The van der Waals surface area contributed by atoms with E-state index in [2.05, 4.69) is 11.4 Å². The summed E-state index contributed by atoms with van der Waals surface area (Å²) in [5, 5.41) is 11.8. The van der Waals surface area contributed by atoms with E-state index < -0.39 is 16.0 Å². The lowest BCUT2D eigenvalue weighted by molar-refractivity contribution is -0.112. The first kappa shape index (κ1) is 18.6. The number of nitriles is 1. The maximum atomic E-state index is 12.4. The normalized spacial score (nSPS) is 14.2. The second-order valence-electron chi connectivity index (χ2n) is 6.10. The molecule has 3 rings (SSSR count). The topological polar surface area (TPSA) is 111 Å². The lowest BCUT2D eigenvalue weighted by atomic mass is 10.0. The molecule has 1 heterocycles. The summed E-state index contributed by atoms with van der Waals surface area (Å²) in [6, 6.07) is 15.1. The van der Waals surface area contributed by atoms with E-state index in [0.717, 1.165) is 18.1 Å². The highest BCUT2D eigenvalue weighted by molar-refractivity contribution is 7.85. The van der Waals surface area contributed by atoms with Gasteiger partial charge in [-0.25, -0.2) is 0 Å². The Morgan fingerprint density at radius 3 is 2.63 bits per heavy atom. The van der Waals surface area contributed by atoms with Gasteiger partial charge in [0, 0.05) is 25.0 Å². The Labute approximate surface area is 157 Å². The largest absolute Gasteiger partial charge is 0.371 e. The number of hydrogen-bond donors (Lipinski definition) is 2. The number of rotatable bonds is 4. The minimum absolute atomic E-state index is 0.0911. The molecule has 0 saturated heterocycles. The van der Waals surface area contributed by atoms with E-state index in [1.807, 2.05) is 29.2 Å². The van der Waals surface area contributed by atoms with Gasteiger partial charge in [0.15, 0.2) is 0 Å². The van der Waals surface area contributed by atoms with Gasteiger partial charge < -0.3 is 10.2 Å². The Morgan fingerprint density at radius 1 is 1.19 bits per heavy atom. The Hall–Kier alpha value is -3.15. The maximum absolute atomic E-state index is 12.4. The fourth-order valence-corrected chi connectivity index (χ4v) is 3.41. The number of hydrogen-bond acceptors (Lipinski definition) is 5. The van der Waals surface area contributed by atoms with Crippen LogP contribution in [0.2, 0.25) is 0 Å². The highest BCUT2D eigenvalue weighted by Gasteiger charge is 2.17. The van der Waals surface area contributed by atoms with Gasteiger partial charge in [0.05, 0.1) is 4.90 Å². The molecule has 0 bridgehead atoms. The molecular formula is C19H17N3O4S. The van der Waals surface area contributed by atoms with Crippen molar-refractivity contribution in [1.82, 2.24) is 4.90 Å². The summed E-state index contributed by atoms with van der Waals surface area (Å²) in [7, 11) is -4.38. The number of nitrogens with zero attached hydrogens (tertiary/aromatic N) is 2. The van der Waals surface area contributed by atoms with Gasteiger partial charge in [0.2, 0.25) is 0 Å². The van der Waals surface area contributed by atoms with Gasteiger partial charge in [-0.3, -0.25) is 9.35 Å². The van der Waals surface area contributed by atoms with E-state index >= 15 is 0 Å². The molecule has 8 heteroatoms. The van der Waals surface area contributed by atoms with Crippen molar-refractivity contribution in [3.63, 3.8) is 0 Å². The Bertz CT molecular complexity index is 1050. The third-order valence-electron chi connectivity index (χ3n) is 4.23. The molecule has 0 atom stereocenters. The van der Waals surface area contributed by atoms with Crippen molar-refractivity contribution in [2.45, 2.75) is 17.9 Å². The lowest BCUT2D eigenvalue weighted by Crippen LogP contribution is -2.27. The molecule has 1 amide bonds. The third-order valence-corrected chi connectivity index (χ3v) is 5.08. The molecule has 1 aliphatic rings. The number of benzene rings is 2. The summed E-state index contributed by atoms with van der Waals surface area (Å²) in [6.07, 6.45) is 2.33. The first-order chi connectivity index (χ1) is 12.9. The molecule has 0 fully saturated rings. The van der Waals surface area contributed by atoms with Crippen LogP contribution in [0.4, 0.5) is 5.69 Å². The van der Waals surface area contributed by atoms with Crippen molar-refractivity contribution in [2.24, 2.45) is 0 Å². The fourth-order valence-electron chi connectivity index (χ4n) is 2.88. The Kier molecular flexibility index (Phi) is 5.26. The van der Waals surface area contributed by atoms with Gasteiger partial charge in [-0.2, -0.15) is 13.7 Å². The second kappa shape index (κ2) is 7.61. The molecule has 2 N–H and O–H groups in total. The van der Waals surface area contributed by atoms with Crippen molar-refractivity contribution in [1.29, 1.82) is 5.26 Å². The van der Waals surface area contributed by atoms with Crippen LogP contribution >= 0.6 is 0 Å². The van der Waals surface area contributed by atoms with E-state index in [9.17, 15) is 18.5 Å². The van der Waals surface area contributed by atoms with E-state index in [1.165, 1.54) is 30.0 Å². The van der Waals surface area contributed by atoms with Crippen LogP contribution in [0.25, 0.3) is 0 Å². The monoisotopic (exact) mass is 383 g/mol. The first-order valence-corrected chi connectivity index (χ1v) is 9.62. The smallest absolute Gasteiger partial charge is 0.294 e. The van der Waals surface area contributed by atoms with Crippen LogP contribution in [0.15, 0.2) is 65.2 Å². The van der Waals surface area contributed by atoms with Crippen LogP contribution < -0.4 is 5.32 Å². The molecule has 138 valence electrons. The molecular weight excluding hydrogens is 366 g/mol. The molecule has 27 heavy (non-hydrogen) atoms. The number of nitrogens with one attached hydrogen (secondary N) is 1. The fraction of sp³-hybridized carbons (Fsp3) is 0.158. The van der Waals surface area contributed by atoms with Gasteiger partial charge in [-0.15, -0.1) is 0 Å². The molecule has 2 aromatic carbocycles. The van der Waals surface area contributed by atoms with Gasteiger partial charge in [-0.1, -0.05) is 30.3 Å². The number of anilines is 1. The standard InChI is InChI=1S/C19H17N3O4S/c20-11-16(13-22-9-8-14-4-1-2-5-15(14)12-22)19(23)21-17-6-3-7-18(10-17)27(24,25)26/h1-7,10,13H,8-9,12H2,(H,21,23)(H,24,25,26)/b16-13-. The first-order valence-electron chi connectivity index (χ1n) is 8.18.